The summed E-state index contributed by atoms with van der Waals surface area (Å²) in [7, 11) is 0. The lowest BCUT2D eigenvalue weighted by atomic mass is 10.0. The molecule has 1 fully saturated rings. The van der Waals surface area contributed by atoms with Gasteiger partial charge in [0.25, 0.3) is 0 Å². The maximum Gasteiger partial charge on any atom is 0.356 e. The first-order valence-electron chi connectivity index (χ1n) is 10.7. The molecule has 3 N–H and O–H groups in total. The van der Waals surface area contributed by atoms with Crippen LogP contribution in [-0.4, -0.2) is 44.1 Å². The Labute approximate surface area is 205 Å². The van der Waals surface area contributed by atoms with Gasteiger partial charge in [-0.15, -0.1) is 11.8 Å². The van der Waals surface area contributed by atoms with Crippen molar-refractivity contribution < 1.29 is 14.3 Å². The van der Waals surface area contributed by atoms with E-state index < -0.39 is 18.1 Å². The van der Waals surface area contributed by atoms with Gasteiger partial charge in [-0.2, -0.15) is 5.10 Å². The fourth-order valence-corrected chi connectivity index (χ4v) is 6.16. The van der Waals surface area contributed by atoms with Crippen LogP contribution in [0, 0.1) is 0 Å². The Morgan fingerprint density at radius 3 is 2.47 bits per heavy atom. The first-order chi connectivity index (χ1) is 16.6. The van der Waals surface area contributed by atoms with Crippen molar-refractivity contribution in [3.05, 3.63) is 106 Å². The summed E-state index contributed by atoms with van der Waals surface area (Å²) in [6.07, 6.45) is 4.76. The maximum atomic E-state index is 13.6. The Morgan fingerprint density at radius 2 is 1.85 bits per heavy atom. The number of esters is 1. The fourth-order valence-electron chi connectivity index (χ4n) is 3.86. The largest absolute Gasteiger partial charge is 0.448 e. The number of nitrogens with one attached hydrogen (secondary N) is 1. The van der Waals surface area contributed by atoms with E-state index in [1.54, 1.807) is 24.2 Å². The van der Waals surface area contributed by atoms with Crippen molar-refractivity contribution in [1.29, 1.82) is 0 Å². The highest BCUT2D eigenvalue weighted by Gasteiger charge is 2.52. The first kappa shape index (κ1) is 22.5. The van der Waals surface area contributed by atoms with Gasteiger partial charge in [0.15, 0.2) is 6.10 Å². The van der Waals surface area contributed by atoms with Crippen LogP contribution in [0.4, 0.5) is 0 Å². The highest BCUT2D eigenvalue weighted by molar-refractivity contribution is 8.08. The van der Waals surface area contributed by atoms with Crippen molar-refractivity contribution in [3.63, 3.8) is 0 Å². The second-order valence-electron chi connectivity index (χ2n) is 7.77. The molecule has 0 bridgehead atoms. The average molecular weight is 491 g/mol. The normalized spacial score (nSPS) is 19.9. The summed E-state index contributed by atoms with van der Waals surface area (Å²) >= 11 is 2.95. The van der Waals surface area contributed by atoms with Gasteiger partial charge >= 0.3 is 5.97 Å². The molecule has 1 saturated heterocycles. The van der Waals surface area contributed by atoms with E-state index in [1.807, 2.05) is 72.1 Å². The topological polar surface area (TPSA) is 101 Å². The molecule has 172 valence electrons. The van der Waals surface area contributed by atoms with Crippen LogP contribution in [0.25, 0.3) is 6.08 Å². The minimum Gasteiger partial charge on any atom is -0.448 e. The van der Waals surface area contributed by atoms with Gasteiger partial charge in [0.05, 0.1) is 6.20 Å². The summed E-state index contributed by atoms with van der Waals surface area (Å²) in [5, 5.41) is 8.31. The molecular formula is C25H22N4O3S2. The van der Waals surface area contributed by atoms with Gasteiger partial charge in [-0.3, -0.25) is 14.8 Å². The average Bonchev–Trinajstić information content (AvgIpc) is 3.41. The van der Waals surface area contributed by atoms with E-state index in [0.717, 1.165) is 21.6 Å². The Morgan fingerprint density at radius 1 is 1.18 bits per heavy atom. The number of carbonyl (C=O) groups excluding carboxylic acids is 2. The number of benzene rings is 2. The van der Waals surface area contributed by atoms with Gasteiger partial charge < -0.3 is 10.5 Å². The molecule has 3 heterocycles. The number of aromatic amines is 1. The highest BCUT2D eigenvalue weighted by atomic mass is 32.2. The number of aromatic nitrogens is 2. The summed E-state index contributed by atoms with van der Waals surface area (Å²) < 4.78 is 6.09. The third-order valence-electron chi connectivity index (χ3n) is 5.59. The lowest BCUT2D eigenvalue weighted by molar-refractivity contribution is -0.152. The first-order valence-corrected chi connectivity index (χ1v) is 12.6. The van der Waals surface area contributed by atoms with Crippen molar-refractivity contribution in [1.82, 2.24) is 15.1 Å². The lowest BCUT2D eigenvalue weighted by Gasteiger charge is -2.48. The van der Waals surface area contributed by atoms with E-state index in [2.05, 4.69) is 10.2 Å². The summed E-state index contributed by atoms with van der Waals surface area (Å²) in [5.74, 6) is -0.242. The Balaban J connectivity index is 1.47. The van der Waals surface area contributed by atoms with Crippen LogP contribution in [0.15, 0.2) is 89.1 Å². The van der Waals surface area contributed by atoms with Crippen LogP contribution in [0.2, 0.25) is 0 Å². The molecule has 2 aliphatic heterocycles. The van der Waals surface area contributed by atoms with Crippen LogP contribution < -0.4 is 5.73 Å². The third kappa shape index (κ3) is 4.42. The maximum absolute atomic E-state index is 13.6. The molecule has 1 aromatic heterocycles. The number of thioether (sulfide) groups is 2. The molecule has 0 aliphatic carbocycles. The number of amides is 1. The molecule has 0 spiro atoms. The molecule has 0 saturated carbocycles. The van der Waals surface area contributed by atoms with Crippen LogP contribution in [0.5, 0.6) is 0 Å². The fraction of sp³-hybridized carbons (Fsp3) is 0.160. The van der Waals surface area contributed by atoms with Crippen molar-refractivity contribution in [2.75, 3.05) is 5.75 Å². The number of hydrogen-bond acceptors (Lipinski definition) is 7. The van der Waals surface area contributed by atoms with Crippen LogP contribution in [0.1, 0.15) is 22.8 Å². The molecule has 2 atom stereocenters. The lowest BCUT2D eigenvalue weighted by Crippen LogP contribution is -2.68. The monoisotopic (exact) mass is 490 g/mol. The smallest absolute Gasteiger partial charge is 0.356 e. The van der Waals surface area contributed by atoms with E-state index in [9.17, 15) is 9.59 Å². The number of rotatable bonds is 7. The molecule has 9 heteroatoms. The number of nitrogens with zero attached hydrogens (tertiary/aromatic N) is 2. The Kier molecular flexibility index (Phi) is 6.57. The zero-order chi connectivity index (χ0) is 23.5. The minimum atomic E-state index is -0.611. The molecule has 1 amide bonds. The zero-order valence-corrected chi connectivity index (χ0v) is 19.7. The molecule has 3 aromatic rings. The standard InChI is InChI=1S/C25H22N4O3S2/c26-20-23(30)29-21(19(15-34-24(20)29)33-12-11-16-13-27-28-14-16)25(31)32-22(17-7-3-1-4-8-17)18-9-5-2-6-10-18/h1-14,20,22,24H,15,26H2,(H,27,28)/b12-11-/t20-,24-/m1/s1. The number of fused-ring (bicyclic) bond motifs is 1. The zero-order valence-electron chi connectivity index (χ0n) is 18.0. The quantitative estimate of drug-likeness (QED) is 0.383. The number of carbonyl (C=O) groups is 2. The van der Waals surface area contributed by atoms with E-state index >= 15 is 0 Å². The van der Waals surface area contributed by atoms with Gasteiger partial charge in [0.2, 0.25) is 5.91 Å². The van der Waals surface area contributed by atoms with Crippen LogP contribution in [-0.2, 0) is 14.3 Å². The molecule has 34 heavy (non-hydrogen) atoms. The Bertz CT molecular complexity index is 1190. The van der Waals surface area contributed by atoms with E-state index in [1.165, 1.54) is 16.7 Å². The molecule has 5 rings (SSSR count). The van der Waals surface area contributed by atoms with Crippen molar-refractivity contribution >= 4 is 41.5 Å². The molecular weight excluding hydrogens is 468 g/mol. The van der Waals surface area contributed by atoms with E-state index in [4.69, 9.17) is 10.5 Å². The van der Waals surface area contributed by atoms with Crippen LogP contribution >= 0.6 is 23.5 Å². The molecule has 0 unspecified atom stereocenters. The Hall–Kier alpha value is -3.27. The number of ether oxygens (including phenoxy) is 1. The number of β-lactam (4-membered cyclic amide) rings is 1. The van der Waals surface area contributed by atoms with Gasteiger partial charge in [-0.05, 0) is 22.6 Å². The van der Waals surface area contributed by atoms with Crippen LogP contribution in [0.3, 0.4) is 0 Å². The molecule has 2 aliphatic rings. The molecule has 0 radical (unpaired) electrons. The van der Waals surface area contributed by atoms with Gasteiger partial charge in [0, 0.05) is 22.4 Å². The predicted molar refractivity (Wildman–Crippen MR) is 134 cm³/mol. The van der Waals surface area contributed by atoms with Gasteiger partial charge in [-0.25, -0.2) is 4.79 Å². The number of hydrogen-bond donors (Lipinski definition) is 2. The number of H-pyrrole nitrogens is 1. The second-order valence-corrected chi connectivity index (χ2v) is 9.87. The van der Waals surface area contributed by atoms with Crippen molar-refractivity contribution in [2.24, 2.45) is 5.73 Å². The summed E-state index contributed by atoms with van der Waals surface area (Å²) in [6.45, 7) is 0. The SMILES string of the molecule is N[C@@H]1C(=O)N2C(C(=O)OC(c3ccccc3)c3ccccc3)=C(S/C=C\c3cn[nH]c3)CS[C@H]12. The number of nitrogens with two attached hydrogens (primary N) is 1. The third-order valence-corrected chi connectivity index (χ3v) is 7.97. The predicted octanol–water partition coefficient (Wildman–Crippen LogP) is 3.90. The van der Waals surface area contributed by atoms with E-state index in [0.29, 0.717) is 5.75 Å². The van der Waals surface area contributed by atoms with Crippen molar-refractivity contribution in [2.45, 2.75) is 17.5 Å². The molecule has 2 aromatic carbocycles. The summed E-state index contributed by atoms with van der Waals surface area (Å²) in [4.78, 5) is 28.5. The van der Waals surface area contributed by atoms with Gasteiger partial charge in [-0.1, -0.05) is 72.4 Å². The second kappa shape index (κ2) is 9.92. The summed E-state index contributed by atoms with van der Waals surface area (Å²) in [6, 6.07) is 18.5. The van der Waals surface area contributed by atoms with E-state index in [-0.39, 0.29) is 17.0 Å². The van der Waals surface area contributed by atoms with Gasteiger partial charge in [0.1, 0.15) is 17.1 Å². The summed E-state index contributed by atoms with van der Waals surface area (Å²) in [5.41, 5.74) is 8.90. The minimum absolute atomic E-state index is 0.260. The van der Waals surface area contributed by atoms with Crippen molar-refractivity contribution in [3.8, 4) is 0 Å². The molecule has 7 nitrogen and oxygen atoms in total. The highest BCUT2D eigenvalue weighted by Crippen LogP contribution is 2.44.